The third kappa shape index (κ3) is 3.94. The summed E-state index contributed by atoms with van der Waals surface area (Å²) in [6.45, 7) is 0. The van der Waals surface area contributed by atoms with Gasteiger partial charge in [-0.15, -0.1) is 10.2 Å². The molecular formula is C18H12FN5O4S. The predicted octanol–water partition coefficient (Wildman–Crippen LogP) is 4.00. The topological polar surface area (TPSA) is 127 Å². The van der Waals surface area contributed by atoms with Crippen molar-refractivity contribution in [2.24, 2.45) is 0 Å². The Labute approximate surface area is 166 Å². The first-order valence-corrected chi connectivity index (χ1v) is 9.26. The van der Waals surface area contributed by atoms with Crippen molar-refractivity contribution in [1.82, 2.24) is 15.2 Å². The lowest BCUT2D eigenvalue weighted by Gasteiger charge is -2.04. The van der Waals surface area contributed by atoms with Crippen LogP contribution < -0.4 is 5.32 Å². The Bertz CT molecular complexity index is 1220. The van der Waals surface area contributed by atoms with E-state index in [0.29, 0.717) is 5.89 Å². The molecule has 4 aromatic rings. The van der Waals surface area contributed by atoms with E-state index >= 15 is 0 Å². The van der Waals surface area contributed by atoms with Crippen molar-refractivity contribution in [2.45, 2.75) is 5.22 Å². The van der Waals surface area contributed by atoms with Crippen LogP contribution in [-0.2, 0) is 4.79 Å². The predicted molar refractivity (Wildman–Crippen MR) is 104 cm³/mol. The Morgan fingerprint density at radius 1 is 1.28 bits per heavy atom. The number of rotatable bonds is 6. The van der Waals surface area contributed by atoms with Crippen LogP contribution in [0.5, 0.6) is 0 Å². The van der Waals surface area contributed by atoms with E-state index in [-0.39, 0.29) is 16.7 Å². The van der Waals surface area contributed by atoms with E-state index in [4.69, 9.17) is 4.42 Å². The van der Waals surface area contributed by atoms with Gasteiger partial charge < -0.3 is 14.7 Å². The van der Waals surface area contributed by atoms with Crippen molar-refractivity contribution in [3.63, 3.8) is 0 Å². The zero-order valence-electron chi connectivity index (χ0n) is 14.6. The molecule has 2 aromatic carbocycles. The second kappa shape index (κ2) is 7.72. The van der Waals surface area contributed by atoms with Crippen molar-refractivity contribution in [2.75, 3.05) is 11.1 Å². The minimum atomic E-state index is -0.974. The summed E-state index contributed by atoms with van der Waals surface area (Å²) in [5.74, 6) is -1.18. The van der Waals surface area contributed by atoms with Crippen molar-refractivity contribution < 1.29 is 18.5 Å². The zero-order chi connectivity index (χ0) is 20.4. The molecule has 9 nitrogen and oxygen atoms in total. The van der Waals surface area contributed by atoms with Crippen LogP contribution in [0.25, 0.3) is 22.4 Å². The van der Waals surface area contributed by atoms with Gasteiger partial charge in [0.05, 0.1) is 16.2 Å². The average molecular weight is 413 g/mol. The van der Waals surface area contributed by atoms with Gasteiger partial charge in [0.1, 0.15) is 0 Å². The number of hydrogen-bond acceptors (Lipinski definition) is 7. The van der Waals surface area contributed by atoms with Crippen molar-refractivity contribution in [1.29, 1.82) is 0 Å². The number of H-pyrrole nitrogens is 1. The van der Waals surface area contributed by atoms with Crippen LogP contribution >= 0.6 is 11.8 Å². The number of nitro groups is 1. The van der Waals surface area contributed by atoms with Gasteiger partial charge in [0, 0.05) is 28.9 Å². The number of aromatic amines is 1. The van der Waals surface area contributed by atoms with Gasteiger partial charge >= 0.3 is 5.69 Å². The van der Waals surface area contributed by atoms with Crippen LogP contribution in [0.15, 0.2) is 58.3 Å². The van der Waals surface area contributed by atoms with Gasteiger partial charge in [0.15, 0.2) is 0 Å². The molecule has 1 amide bonds. The number of nitrogens with zero attached hydrogens (tertiary/aromatic N) is 3. The molecule has 0 saturated carbocycles. The number of fused-ring (bicyclic) bond motifs is 1. The molecular weight excluding hydrogens is 401 g/mol. The van der Waals surface area contributed by atoms with E-state index in [1.165, 1.54) is 6.07 Å². The summed E-state index contributed by atoms with van der Waals surface area (Å²) < 4.78 is 19.0. The number of halogens is 1. The third-order valence-corrected chi connectivity index (χ3v) is 4.80. The minimum absolute atomic E-state index is 0.0688. The smallest absolute Gasteiger partial charge is 0.306 e. The lowest BCUT2D eigenvalue weighted by molar-refractivity contribution is -0.387. The summed E-state index contributed by atoms with van der Waals surface area (Å²) in [6, 6.07) is 10.8. The van der Waals surface area contributed by atoms with Crippen molar-refractivity contribution in [3.05, 3.63) is 64.6 Å². The fraction of sp³-hybridized carbons (Fsp3) is 0.0556. The summed E-state index contributed by atoms with van der Waals surface area (Å²) in [5.41, 5.74) is 1.09. The number of anilines is 1. The number of thioether (sulfide) groups is 1. The molecule has 0 aliphatic carbocycles. The number of nitro benzene ring substituents is 1. The Hall–Kier alpha value is -3.73. The first-order chi connectivity index (χ1) is 14.0. The second-order valence-corrected chi connectivity index (χ2v) is 6.81. The van der Waals surface area contributed by atoms with Crippen LogP contribution in [0.1, 0.15) is 0 Å². The lowest BCUT2D eigenvalue weighted by Crippen LogP contribution is -2.14. The minimum Gasteiger partial charge on any atom is -0.411 e. The van der Waals surface area contributed by atoms with Gasteiger partial charge in [-0.3, -0.25) is 14.9 Å². The summed E-state index contributed by atoms with van der Waals surface area (Å²) in [5, 5.41) is 22.3. The normalized spacial score (nSPS) is 10.9. The lowest BCUT2D eigenvalue weighted by atomic mass is 10.2. The SMILES string of the molecule is O=C(CSc1nnc(-c2c[nH]c3ccccc23)o1)Nc1ccc(F)c([N+](=O)[O-])c1. The highest BCUT2D eigenvalue weighted by atomic mass is 32.2. The fourth-order valence-electron chi connectivity index (χ4n) is 2.68. The Balaban J connectivity index is 1.40. The first kappa shape index (κ1) is 18.6. The van der Waals surface area contributed by atoms with Gasteiger partial charge in [-0.2, -0.15) is 4.39 Å². The van der Waals surface area contributed by atoms with E-state index in [1.807, 2.05) is 24.3 Å². The van der Waals surface area contributed by atoms with E-state index in [2.05, 4.69) is 20.5 Å². The average Bonchev–Trinajstić information content (AvgIpc) is 3.34. The van der Waals surface area contributed by atoms with E-state index in [1.54, 1.807) is 6.20 Å². The molecule has 0 radical (unpaired) electrons. The van der Waals surface area contributed by atoms with Crippen LogP contribution in [0.2, 0.25) is 0 Å². The third-order valence-electron chi connectivity index (χ3n) is 3.98. The zero-order valence-corrected chi connectivity index (χ0v) is 15.4. The number of carbonyl (C=O) groups is 1. The fourth-order valence-corrected chi connectivity index (χ4v) is 3.24. The van der Waals surface area contributed by atoms with Gasteiger partial charge in [-0.05, 0) is 18.2 Å². The van der Waals surface area contributed by atoms with Crippen molar-refractivity contribution in [3.8, 4) is 11.5 Å². The molecule has 0 saturated heterocycles. The largest absolute Gasteiger partial charge is 0.411 e. The molecule has 29 heavy (non-hydrogen) atoms. The maximum atomic E-state index is 13.4. The van der Waals surface area contributed by atoms with Gasteiger partial charge in [-0.25, -0.2) is 0 Å². The summed E-state index contributed by atoms with van der Waals surface area (Å²) >= 11 is 1.01. The molecule has 0 unspecified atom stereocenters. The number of aromatic nitrogens is 3. The Kier molecular flexibility index (Phi) is 4.96. The maximum absolute atomic E-state index is 13.4. The maximum Gasteiger partial charge on any atom is 0.306 e. The standard InChI is InChI=1S/C18H12FN5O4S/c19-13-6-5-10(7-15(13)24(26)27)21-16(25)9-29-18-23-22-17(28-18)12-8-20-14-4-2-1-3-11(12)14/h1-8,20H,9H2,(H,21,25). The Morgan fingerprint density at radius 2 is 2.10 bits per heavy atom. The summed E-state index contributed by atoms with van der Waals surface area (Å²) in [4.78, 5) is 25.1. The molecule has 2 aromatic heterocycles. The van der Waals surface area contributed by atoms with Crippen molar-refractivity contribution >= 4 is 39.9 Å². The molecule has 0 aliphatic rings. The van der Waals surface area contributed by atoms with Crippen LogP contribution in [0, 0.1) is 15.9 Å². The highest BCUT2D eigenvalue weighted by Crippen LogP contribution is 2.29. The molecule has 0 aliphatic heterocycles. The number of carbonyl (C=O) groups excluding carboxylic acids is 1. The number of amides is 1. The molecule has 11 heteroatoms. The molecule has 4 rings (SSSR count). The molecule has 0 fully saturated rings. The molecule has 2 N–H and O–H groups in total. The number of para-hydroxylation sites is 1. The van der Waals surface area contributed by atoms with Crippen LogP contribution in [0.3, 0.4) is 0 Å². The molecule has 0 atom stereocenters. The van der Waals surface area contributed by atoms with Gasteiger partial charge in [0.2, 0.25) is 11.7 Å². The molecule has 0 bridgehead atoms. The van der Waals surface area contributed by atoms with Crippen LogP contribution in [0.4, 0.5) is 15.8 Å². The van der Waals surface area contributed by atoms with E-state index in [9.17, 15) is 19.3 Å². The highest BCUT2D eigenvalue weighted by molar-refractivity contribution is 7.99. The summed E-state index contributed by atoms with van der Waals surface area (Å²) in [7, 11) is 0. The highest BCUT2D eigenvalue weighted by Gasteiger charge is 2.17. The van der Waals surface area contributed by atoms with Gasteiger partial charge in [0.25, 0.3) is 11.1 Å². The molecule has 2 heterocycles. The first-order valence-electron chi connectivity index (χ1n) is 8.28. The van der Waals surface area contributed by atoms with Crippen LogP contribution in [-0.4, -0.2) is 31.8 Å². The Morgan fingerprint density at radius 3 is 2.93 bits per heavy atom. The number of hydrogen-bond donors (Lipinski definition) is 2. The summed E-state index contributed by atoms with van der Waals surface area (Å²) in [6.07, 6.45) is 1.76. The molecule has 0 spiro atoms. The molecule has 146 valence electrons. The monoisotopic (exact) mass is 413 g/mol. The van der Waals surface area contributed by atoms with E-state index < -0.39 is 22.3 Å². The van der Waals surface area contributed by atoms with Gasteiger partial charge in [-0.1, -0.05) is 30.0 Å². The quantitative estimate of drug-likeness (QED) is 0.278. The number of nitrogens with one attached hydrogen (secondary N) is 2. The number of benzene rings is 2. The second-order valence-electron chi connectivity index (χ2n) is 5.88. The van der Waals surface area contributed by atoms with E-state index in [0.717, 1.165) is 40.4 Å².